The molecule has 1 aromatic rings. The minimum atomic E-state index is -1.41. The summed E-state index contributed by atoms with van der Waals surface area (Å²) in [5.74, 6) is 4.04. The molecule has 0 aliphatic heterocycles. The van der Waals surface area contributed by atoms with E-state index in [4.69, 9.17) is 31.3 Å². The number of methoxy groups -OCH3 is 2. The second-order valence-electron chi connectivity index (χ2n) is 3.44. The lowest BCUT2D eigenvalue weighted by molar-refractivity contribution is -0.340. The minimum absolute atomic E-state index is 0.0170. The number of nitrogen functional groups attached to an aromatic ring is 1. The highest BCUT2D eigenvalue weighted by Crippen LogP contribution is 2.20. The van der Waals surface area contributed by atoms with Crippen LogP contribution >= 0.6 is 0 Å². The van der Waals surface area contributed by atoms with E-state index in [1.807, 2.05) is 0 Å². The van der Waals surface area contributed by atoms with Gasteiger partial charge < -0.3 is 19.9 Å². The summed E-state index contributed by atoms with van der Waals surface area (Å²) < 4.78 is 15.7. The van der Waals surface area contributed by atoms with Crippen LogP contribution in [0.3, 0.4) is 0 Å². The van der Waals surface area contributed by atoms with Gasteiger partial charge in [0.05, 0.1) is 0 Å². The van der Waals surface area contributed by atoms with E-state index in [0.717, 1.165) is 0 Å². The molecule has 0 atom stereocenters. The van der Waals surface area contributed by atoms with E-state index in [-0.39, 0.29) is 12.4 Å². The molecule has 0 radical (unpaired) electrons. The lowest BCUT2D eigenvalue weighted by Gasteiger charge is -2.29. The third-order valence-corrected chi connectivity index (χ3v) is 2.32. The molecule has 0 spiro atoms. The van der Waals surface area contributed by atoms with Gasteiger partial charge in [-0.05, 0) is 24.3 Å². The van der Waals surface area contributed by atoms with Gasteiger partial charge in [-0.2, -0.15) is 0 Å². The highest BCUT2D eigenvalue weighted by Gasteiger charge is 2.33. The summed E-state index contributed by atoms with van der Waals surface area (Å²) in [5, 5.41) is 7.28. The molecule has 0 aliphatic rings. The van der Waals surface area contributed by atoms with Gasteiger partial charge in [-0.1, -0.05) is 0 Å². The maximum atomic E-state index is 7.28. The van der Waals surface area contributed by atoms with Crippen LogP contribution in [0, 0.1) is 5.41 Å². The number of benzene rings is 1. The molecule has 0 bridgehead atoms. The Labute approximate surface area is 105 Å². The quantitative estimate of drug-likeness (QED) is 0.277. The zero-order valence-corrected chi connectivity index (χ0v) is 10.3. The first kappa shape index (κ1) is 14.4. The molecule has 0 heterocycles. The predicted octanol–water partition coefficient (Wildman–Crippen LogP) is 0.186. The molecule has 0 aliphatic carbocycles. The van der Waals surface area contributed by atoms with Crippen LogP contribution in [0.5, 0.6) is 5.75 Å². The van der Waals surface area contributed by atoms with Gasteiger partial charge in [0.2, 0.25) is 0 Å². The number of rotatable bonds is 7. The van der Waals surface area contributed by atoms with Crippen LogP contribution in [0.25, 0.3) is 0 Å². The van der Waals surface area contributed by atoms with Crippen molar-refractivity contribution in [2.75, 3.05) is 20.8 Å². The first-order valence-electron chi connectivity index (χ1n) is 5.12. The van der Waals surface area contributed by atoms with Gasteiger partial charge in [0.1, 0.15) is 11.6 Å². The van der Waals surface area contributed by atoms with Gasteiger partial charge in [-0.25, -0.2) is 5.90 Å². The van der Waals surface area contributed by atoms with Crippen molar-refractivity contribution in [1.29, 1.82) is 5.41 Å². The Hall–Kier alpha value is -1.67. The Bertz CT molecular complexity index is 390. The third-order valence-electron chi connectivity index (χ3n) is 2.32. The van der Waals surface area contributed by atoms with Crippen molar-refractivity contribution in [3.63, 3.8) is 0 Å². The monoisotopic (exact) mass is 255 g/mol. The topological polar surface area (TPSA) is 113 Å². The van der Waals surface area contributed by atoms with Crippen LogP contribution in [-0.2, 0) is 14.3 Å². The number of nitrogens with two attached hydrogens (primary N) is 2. The second kappa shape index (κ2) is 6.31. The number of ether oxygens (including phenoxy) is 3. The molecule has 0 unspecified atom stereocenters. The average molecular weight is 255 g/mol. The third kappa shape index (κ3) is 3.41. The predicted molar refractivity (Wildman–Crippen MR) is 65.0 cm³/mol. The molecule has 0 fully saturated rings. The summed E-state index contributed by atoms with van der Waals surface area (Å²) in [4.78, 5) is 4.49. The first-order chi connectivity index (χ1) is 8.56. The normalized spacial score (nSPS) is 11.3. The van der Waals surface area contributed by atoms with E-state index < -0.39 is 5.97 Å². The molecule has 0 amide bonds. The van der Waals surface area contributed by atoms with Crippen molar-refractivity contribution < 1.29 is 19.0 Å². The molecule has 1 aromatic carbocycles. The Kier molecular flexibility index (Phi) is 5.05. The lowest BCUT2D eigenvalue weighted by atomic mass is 10.2. The SMILES string of the molecule is COC(CON)(OC)Oc1ccc(C(=N)N)cc1. The fraction of sp³-hybridized carbons (Fsp3) is 0.364. The van der Waals surface area contributed by atoms with Gasteiger partial charge in [0, 0.05) is 19.8 Å². The fourth-order valence-electron chi connectivity index (χ4n) is 1.30. The van der Waals surface area contributed by atoms with Crippen LogP contribution in [0.2, 0.25) is 0 Å². The van der Waals surface area contributed by atoms with Gasteiger partial charge in [0.15, 0.2) is 6.61 Å². The zero-order chi connectivity index (χ0) is 13.6. The van der Waals surface area contributed by atoms with Crippen LogP contribution in [0.15, 0.2) is 24.3 Å². The molecule has 1 rings (SSSR count). The van der Waals surface area contributed by atoms with E-state index >= 15 is 0 Å². The molecular formula is C11H17N3O4. The molecule has 0 saturated heterocycles. The summed E-state index contributed by atoms with van der Waals surface area (Å²) >= 11 is 0. The van der Waals surface area contributed by atoms with E-state index in [1.165, 1.54) is 14.2 Å². The van der Waals surface area contributed by atoms with E-state index in [1.54, 1.807) is 24.3 Å². The maximum Gasteiger partial charge on any atom is 0.353 e. The Balaban J connectivity index is 2.84. The molecule has 0 aromatic heterocycles. The van der Waals surface area contributed by atoms with E-state index in [9.17, 15) is 0 Å². The van der Waals surface area contributed by atoms with Crippen LogP contribution in [-0.4, -0.2) is 32.6 Å². The molecular weight excluding hydrogens is 238 g/mol. The molecule has 5 N–H and O–H groups in total. The van der Waals surface area contributed by atoms with Gasteiger partial charge in [-0.3, -0.25) is 10.2 Å². The highest BCUT2D eigenvalue weighted by molar-refractivity contribution is 5.94. The number of hydrogen-bond donors (Lipinski definition) is 3. The largest absolute Gasteiger partial charge is 0.437 e. The molecule has 0 saturated carbocycles. The van der Waals surface area contributed by atoms with Gasteiger partial charge >= 0.3 is 5.97 Å². The van der Waals surface area contributed by atoms with Crippen molar-refractivity contribution >= 4 is 5.84 Å². The summed E-state index contributed by atoms with van der Waals surface area (Å²) in [5.41, 5.74) is 5.94. The summed E-state index contributed by atoms with van der Waals surface area (Å²) in [7, 11) is 2.82. The van der Waals surface area contributed by atoms with Crippen molar-refractivity contribution in [1.82, 2.24) is 0 Å². The van der Waals surface area contributed by atoms with Crippen LogP contribution in [0.4, 0.5) is 0 Å². The first-order valence-corrected chi connectivity index (χ1v) is 5.12. The maximum absolute atomic E-state index is 7.28. The van der Waals surface area contributed by atoms with E-state index in [0.29, 0.717) is 11.3 Å². The standard InChI is InChI=1S/C11H17N3O4/c1-15-11(16-2,7-17-14)18-9-5-3-8(4-6-9)10(12)13/h3-6H,7,14H2,1-2H3,(H3,12,13). The van der Waals surface area contributed by atoms with Crippen molar-refractivity contribution in [2.24, 2.45) is 11.6 Å². The Morgan fingerprint density at radius 2 is 1.78 bits per heavy atom. The average Bonchev–Trinajstić information content (AvgIpc) is 2.38. The smallest absolute Gasteiger partial charge is 0.353 e. The van der Waals surface area contributed by atoms with Crippen molar-refractivity contribution in [3.05, 3.63) is 29.8 Å². The zero-order valence-electron chi connectivity index (χ0n) is 10.3. The summed E-state index contributed by atoms with van der Waals surface area (Å²) in [6.45, 7) is -0.103. The highest BCUT2D eigenvalue weighted by atomic mass is 16.9. The number of hydrogen-bond acceptors (Lipinski definition) is 6. The van der Waals surface area contributed by atoms with Crippen molar-refractivity contribution in [3.8, 4) is 5.75 Å². The molecule has 7 nitrogen and oxygen atoms in total. The lowest BCUT2D eigenvalue weighted by Crippen LogP contribution is -2.45. The van der Waals surface area contributed by atoms with Crippen molar-refractivity contribution in [2.45, 2.75) is 5.97 Å². The Morgan fingerprint density at radius 3 is 2.17 bits per heavy atom. The molecule has 7 heteroatoms. The van der Waals surface area contributed by atoms with Gasteiger partial charge in [-0.15, -0.1) is 0 Å². The summed E-state index contributed by atoms with van der Waals surface area (Å²) in [6, 6.07) is 6.58. The second-order valence-corrected chi connectivity index (χ2v) is 3.44. The van der Waals surface area contributed by atoms with E-state index in [2.05, 4.69) is 4.84 Å². The van der Waals surface area contributed by atoms with Crippen LogP contribution < -0.4 is 16.4 Å². The minimum Gasteiger partial charge on any atom is -0.437 e. The van der Waals surface area contributed by atoms with Crippen LogP contribution in [0.1, 0.15) is 5.56 Å². The number of amidine groups is 1. The summed E-state index contributed by atoms with van der Waals surface area (Å²) in [6.07, 6.45) is 0. The van der Waals surface area contributed by atoms with Gasteiger partial charge in [0.25, 0.3) is 0 Å². The molecule has 18 heavy (non-hydrogen) atoms. The molecule has 100 valence electrons. The number of nitrogens with one attached hydrogen (secondary N) is 1. The fourth-order valence-corrected chi connectivity index (χ4v) is 1.30. The Morgan fingerprint density at radius 1 is 1.22 bits per heavy atom.